The molecular weight excluding hydrogens is 771 g/mol. The number of furan rings is 2. The van der Waals surface area contributed by atoms with Crippen molar-refractivity contribution < 1.29 is 8.83 Å². The molecule has 0 bridgehead atoms. The van der Waals surface area contributed by atoms with Crippen molar-refractivity contribution in [1.29, 1.82) is 0 Å². The normalized spacial score (nSPS) is 13.2. The molecule has 9 aromatic carbocycles. The quantitative estimate of drug-likeness (QED) is 0.177. The van der Waals surface area contributed by atoms with Crippen molar-refractivity contribution in [1.82, 2.24) is 15.0 Å². The maximum Gasteiger partial charge on any atom is 0.164 e. The summed E-state index contributed by atoms with van der Waals surface area (Å²) in [6.07, 6.45) is 0. The molecule has 0 fully saturated rings. The van der Waals surface area contributed by atoms with Gasteiger partial charge in [-0.05, 0) is 92.0 Å². The van der Waals surface area contributed by atoms with Gasteiger partial charge in [-0.2, -0.15) is 0 Å². The molecule has 0 amide bonds. The standard InChI is InChI=1S/C58H33N3O2/c1-3-15-34(16-4-1)37-19-7-8-23-42(37)57-60-55(35-17-5-2-6-18-35)59-56(61-57)36-27-28-43-51(31-36)63-50-30-29-41-44-32-45-40-22-11-14-26-49(40)62-52(45)33-48(44)58(54(41)53(43)50)46-24-12-9-20-38(46)39-21-10-13-25-47(39)58/h1-33H. The molecule has 0 saturated heterocycles. The molecule has 12 aromatic rings. The van der Waals surface area contributed by atoms with E-state index in [2.05, 4.69) is 152 Å². The lowest BCUT2D eigenvalue weighted by molar-refractivity contribution is 0.666. The maximum absolute atomic E-state index is 6.95. The molecule has 5 nitrogen and oxygen atoms in total. The smallest absolute Gasteiger partial charge is 0.164 e. The number of hydrogen-bond donors (Lipinski definition) is 0. The van der Waals surface area contributed by atoms with Crippen molar-refractivity contribution in [2.24, 2.45) is 0 Å². The van der Waals surface area contributed by atoms with Gasteiger partial charge in [0.15, 0.2) is 17.5 Å². The topological polar surface area (TPSA) is 65.0 Å². The van der Waals surface area contributed by atoms with Crippen LogP contribution < -0.4 is 0 Å². The fourth-order valence-corrected chi connectivity index (χ4v) is 10.7. The first-order valence-corrected chi connectivity index (χ1v) is 21.3. The van der Waals surface area contributed by atoms with Gasteiger partial charge in [0.1, 0.15) is 22.3 Å². The lowest BCUT2D eigenvalue weighted by Gasteiger charge is -2.31. The van der Waals surface area contributed by atoms with Gasteiger partial charge in [-0.15, -0.1) is 0 Å². The fraction of sp³-hybridized carbons (Fsp3) is 0.0172. The minimum Gasteiger partial charge on any atom is -0.456 e. The van der Waals surface area contributed by atoms with Crippen molar-refractivity contribution in [2.45, 2.75) is 5.41 Å². The Kier molecular flexibility index (Phi) is 6.97. The van der Waals surface area contributed by atoms with Gasteiger partial charge >= 0.3 is 0 Å². The number of nitrogens with zero attached hydrogens (tertiary/aromatic N) is 3. The number of aromatic nitrogens is 3. The zero-order valence-corrected chi connectivity index (χ0v) is 33.7. The molecule has 0 saturated carbocycles. The highest BCUT2D eigenvalue weighted by Crippen LogP contribution is 2.65. The van der Waals surface area contributed by atoms with E-state index in [4.69, 9.17) is 23.8 Å². The lowest BCUT2D eigenvalue weighted by Crippen LogP contribution is -2.26. The van der Waals surface area contributed by atoms with Crippen LogP contribution >= 0.6 is 0 Å². The summed E-state index contributed by atoms with van der Waals surface area (Å²) in [5, 5.41) is 4.39. The van der Waals surface area contributed by atoms with Crippen LogP contribution in [0.5, 0.6) is 0 Å². The summed E-state index contributed by atoms with van der Waals surface area (Å²) in [5.74, 6) is 1.79. The molecule has 2 aliphatic carbocycles. The Bertz CT molecular complexity index is 3820. The largest absolute Gasteiger partial charge is 0.456 e. The van der Waals surface area contributed by atoms with Crippen molar-refractivity contribution in [2.75, 3.05) is 0 Å². The SMILES string of the molecule is c1ccc(-c2nc(-c3ccc4c(c3)oc3ccc5c(c34)C3(c4ccccc4-c4ccccc43)c3cc4oc6ccccc6c4cc3-5)nc(-c3ccccc3-c3ccccc3)n2)cc1. The number of benzene rings is 9. The number of rotatable bonds is 4. The van der Waals surface area contributed by atoms with E-state index in [9.17, 15) is 0 Å². The first-order chi connectivity index (χ1) is 31.2. The van der Waals surface area contributed by atoms with Crippen LogP contribution in [0.4, 0.5) is 0 Å². The minimum absolute atomic E-state index is 0.576. The second kappa shape index (κ2) is 12.8. The van der Waals surface area contributed by atoms with Crippen LogP contribution in [0.2, 0.25) is 0 Å². The van der Waals surface area contributed by atoms with E-state index in [0.29, 0.717) is 17.5 Å². The zero-order chi connectivity index (χ0) is 41.2. The molecule has 5 heteroatoms. The van der Waals surface area contributed by atoms with E-state index < -0.39 is 5.41 Å². The van der Waals surface area contributed by atoms with Crippen LogP contribution in [-0.4, -0.2) is 15.0 Å². The second-order valence-electron chi connectivity index (χ2n) is 16.6. The Morgan fingerprint density at radius 3 is 1.65 bits per heavy atom. The summed E-state index contributed by atoms with van der Waals surface area (Å²) in [4.78, 5) is 15.4. The third-order valence-electron chi connectivity index (χ3n) is 13.4. The Labute approximate surface area is 361 Å². The summed E-state index contributed by atoms with van der Waals surface area (Å²) in [6, 6.07) is 70.5. The molecule has 0 unspecified atom stereocenters. The van der Waals surface area contributed by atoms with E-state index >= 15 is 0 Å². The molecule has 0 N–H and O–H groups in total. The molecule has 3 heterocycles. The second-order valence-corrected chi connectivity index (χ2v) is 16.6. The van der Waals surface area contributed by atoms with E-state index in [1.807, 2.05) is 48.5 Å². The van der Waals surface area contributed by atoms with Gasteiger partial charge in [0.25, 0.3) is 0 Å². The van der Waals surface area contributed by atoms with Gasteiger partial charge in [-0.3, -0.25) is 0 Å². The monoisotopic (exact) mass is 803 g/mol. The van der Waals surface area contributed by atoms with E-state index in [1.54, 1.807) is 0 Å². The summed E-state index contributed by atoms with van der Waals surface area (Å²) in [7, 11) is 0. The first kappa shape index (κ1) is 34.3. The van der Waals surface area contributed by atoms with Crippen molar-refractivity contribution in [3.8, 4) is 67.5 Å². The van der Waals surface area contributed by atoms with Crippen molar-refractivity contribution in [3.63, 3.8) is 0 Å². The number of para-hydroxylation sites is 1. The lowest BCUT2D eigenvalue weighted by atomic mass is 9.69. The molecule has 63 heavy (non-hydrogen) atoms. The molecule has 14 rings (SSSR count). The molecule has 0 radical (unpaired) electrons. The minimum atomic E-state index is -0.611. The molecule has 3 aromatic heterocycles. The van der Waals surface area contributed by atoms with Crippen LogP contribution in [0.1, 0.15) is 22.3 Å². The summed E-state index contributed by atoms with van der Waals surface area (Å²) < 4.78 is 13.6. The Hall–Kier alpha value is -8.41. The van der Waals surface area contributed by atoms with E-state index in [0.717, 1.165) is 71.7 Å². The van der Waals surface area contributed by atoms with Gasteiger partial charge < -0.3 is 8.83 Å². The highest BCUT2D eigenvalue weighted by molar-refractivity contribution is 6.16. The summed E-state index contributed by atoms with van der Waals surface area (Å²) in [6.45, 7) is 0. The van der Waals surface area contributed by atoms with Crippen LogP contribution in [-0.2, 0) is 5.41 Å². The third kappa shape index (κ3) is 4.73. The molecule has 1 spiro atoms. The van der Waals surface area contributed by atoms with E-state index in [-0.39, 0.29) is 0 Å². The predicted molar refractivity (Wildman–Crippen MR) is 252 cm³/mol. The Balaban J connectivity index is 1.02. The fourth-order valence-electron chi connectivity index (χ4n) is 10.7. The maximum atomic E-state index is 6.95. The number of hydrogen-bond acceptors (Lipinski definition) is 5. The van der Waals surface area contributed by atoms with E-state index in [1.165, 1.54) is 44.5 Å². The summed E-state index contributed by atoms with van der Waals surface area (Å²) >= 11 is 0. The highest BCUT2D eigenvalue weighted by atomic mass is 16.3. The average Bonchev–Trinajstić information content (AvgIpc) is 4.08. The molecule has 2 aliphatic rings. The Morgan fingerprint density at radius 2 is 0.889 bits per heavy atom. The molecule has 0 aliphatic heterocycles. The third-order valence-corrected chi connectivity index (χ3v) is 13.4. The van der Waals surface area contributed by atoms with Gasteiger partial charge in [0.05, 0.1) is 5.41 Å². The average molecular weight is 804 g/mol. The van der Waals surface area contributed by atoms with Crippen LogP contribution in [0.15, 0.2) is 209 Å². The van der Waals surface area contributed by atoms with Gasteiger partial charge in [-0.25, -0.2) is 15.0 Å². The number of fused-ring (bicyclic) bond motifs is 17. The Morgan fingerprint density at radius 1 is 0.302 bits per heavy atom. The van der Waals surface area contributed by atoms with Crippen LogP contribution in [0.25, 0.3) is 111 Å². The van der Waals surface area contributed by atoms with Gasteiger partial charge in [0.2, 0.25) is 0 Å². The summed E-state index contributed by atoms with van der Waals surface area (Å²) in [5.41, 5.74) is 17.5. The predicted octanol–water partition coefficient (Wildman–Crippen LogP) is 14.7. The van der Waals surface area contributed by atoms with Crippen molar-refractivity contribution >= 4 is 43.9 Å². The zero-order valence-electron chi connectivity index (χ0n) is 33.7. The van der Waals surface area contributed by atoms with Gasteiger partial charge in [-0.1, -0.05) is 164 Å². The highest BCUT2D eigenvalue weighted by Gasteiger charge is 2.53. The molecule has 0 atom stereocenters. The van der Waals surface area contributed by atoms with Crippen LogP contribution in [0, 0.1) is 0 Å². The first-order valence-electron chi connectivity index (χ1n) is 21.3. The van der Waals surface area contributed by atoms with Crippen molar-refractivity contribution in [3.05, 3.63) is 222 Å². The molecule has 292 valence electrons. The molecular formula is C58H33N3O2. The van der Waals surface area contributed by atoms with Crippen LogP contribution in [0.3, 0.4) is 0 Å². The van der Waals surface area contributed by atoms with Gasteiger partial charge in [0, 0.05) is 38.2 Å².